The first kappa shape index (κ1) is 19.2. The normalized spacial score (nSPS) is 22.3. The molecule has 22 heavy (non-hydrogen) atoms. The van der Waals surface area contributed by atoms with E-state index in [1.165, 1.54) is 19.3 Å². The van der Waals surface area contributed by atoms with Crippen molar-refractivity contribution in [1.29, 1.82) is 0 Å². The molecule has 3 N–H and O–H groups in total. The number of nitrogens with zero attached hydrogens (tertiary/aromatic N) is 1. The summed E-state index contributed by atoms with van der Waals surface area (Å²) in [6.07, 6.45) is 5.47. The lowest BCUT2D eigenvalue weighted by atomic mass is 9.84. The lowest BCUT2D eigenvalue weighted by molar-refractivity contribution is 0.131. The molecular formula is C17H35N3O2. The summed E-state index contributed by atoms with van der Waals surface area (Å²) in [7, 11) is 0. The van der Waals surface area contributed by atoms with E-state index in [2.05, 4.69) is 31.4 Å². The lowest BCUT2D eigenvalue weighted by Gasteiger charge is -2.24. The highest BCUT2D eigenvalue weighted by Crippen LogP contribution is 2.32. The molecule has 1 fully saturated rings. The van der Waals surface area contributed by atoms with Crippen LogP contribution in [-0.4, -0.2) is 50.5 Å². The summed E-state index contributed by atoms with van der Waals surface area (Å²) in [5.41, 5.74) is 0.0226. The number of hydrogen-bond donors (Lipinski definition) is 3. The second kappa shape index (κ2) is 10.8. The Morgan fingerprint density at radius 1 is 1.32 bits per heavy atom. The molecule has 1 aliphatic rings. The van der Waals surface area contributed by atoms with Crippen molar-refractivity contribution in [3.8, 4) is 0 Å². The fourth-order valence-electron chi connectivity index (χ4n) is 2.76. The van der Waals surface area contributed by atoms with Gasteiger partial charge in [0.05, 0.1) is 13.2 Å². The maximum absolute atomic E-state index is 9.27. The summed E-state index contributed by atoms with van der Waals surface area (Å²) >= 11 is 0. The zero-order valence-corrected chi connectivity index (χ0v) is 14.7. The van der Waals surface area contributed by atoms with Gasteiger partial charge in [-0.25, -0.2) is 0 Å². The van der Waals surface area contributed by atoms with Crippen LogP contribution in [0.5, 0.6) is 0 Å². The first-order chi connectivity index (χ1) is 10.6. The highest BCUT2D eigenvalue weighted by molar-refractivity contribution is 5.79. The summed E-state index contributed by atoms with van der Waals surface area (Å²) in [5, 5.41) is 16.0. The molecule has 130 valence electrons. The summed E-state index contributed by atoms with van der Waals surface area (Å²) in [4.78, 5) is 4.72. The molecule has 1 saturated heterocycles. The van der Waals surface area contributed by atoms with Gasteiger partial charge >= 0.3 is 0 Å². The van der Waals surface area contributed by atoms with Crippen LogP contribution >= 0.6 is 0 Å². The summed E-state index contributed by atoms with van der Waals surface area (Å²) < 4.78 is 5.52. The van der Waals surface area contributed by atoms with Crippen LogP contribution in [0.4, 0.5) is 0 Å². The van der Waals surface area contributed by atoms with Crippen molar-refractivity contribution in [2.75, 3.05) is 39.5 Å². The molecule has 1 rings (SSSR count). The fourth-order valence-corrected chi connectivity index (χ4v) is 2.76. The Bertz CT molecular complexity index is 313. The topological polar surface area (TPSA) is 65.9 Å². The minimum atomic E-state index is 0.0226. The van der Waals surface area contributed by atoms with Crippen LogP contribution in [0.2, 0.25) is 0 Å². The average Bonchev–Trinajstić information content (AvgIpc) is 2.93. The van der Waals surface area contributed by atoms with Gasteiger partial charge in [0.25, 0.3) is 0 Å². The number of hydrogen-bond acceptors (Lipinski definition) is 3. The molecule has 0 aliphatic carbocycles. The first-order valence-electron chi connectivity index (χ1n) is 8.82. The molecule has 0 amide bonds. The molecule has 1 unspecified atom stereocenters. The summed E-state index contributed by atoms with van der Waals surface area (Å²) in [6.45, 7) is 10.9. The van der Waals surface area contributed by atoms with Crippen LogP contribution in [0.3, 0.4) is 0 Å². The Morgan fingerprint density at radius 2 is 2.14 bits per heavy atom. The zero-order valence-electron chi connectivity index (χ0n) is 14.7. The Labute approximate surface area is 135 Å². The molecule has 0 saturated carbocycles. The molecule has 1 heterocycles. The van der Waals surface area contributed by atoms with Gasteiger partial charge < -0.3 is 20.5 Å². The Morgan fingerprint density at radius 3 is 2.73 bits per heavy atom. The second-order valence-electron chi connectivity index (χ2n) is 6.79. The molecule has 5 nitrogen and oxygen atoms in total. The number of rotatable bonds is 10. The van der Waals surface area contributed by atoms with Gasteiger partial charge in [-0.1, -0.05) is 26.7 Å². The van der Waals surface area contributed by atoms with Crippen LogP contribution in [0, 0.1) is 11.3 Å². The minimum absolute atomic E-state index is 0.0226. The van der Waals surface area contributed by atoms with Crippen molar-refractivity contribution in [1.82, 2.24) is 10.6 Å². The Balaban J connectivity index is 2.40. The Hall–Kier alpha value is -0.810. The Kier molecular flexibility index (Phi) is 9.48. The van der Waals surface area contributed by atoms with E-state index in [-0.39, 0.29) is 12.0 Å². The maximum atomic E-state index is 9.27. The zero-order chi connectivity index (χ0) is 16.3. The largest absolute Gasteiger partial charge is 0.396 e. The van der Waals surface area contributed by atoms with E-state index >= 15 is 0 Å². The van der Waals surface area contributed by atoms with E-state index in [0.717, 1.165) is 51.0 Å². The first-order valence-corrected chi connectivity index (χ1v) is 8.82. The number of aliphatic hydroxyl groups is 1. The van der Waals surface area contributed by atoms with Crippen molar-refractivity contribution in [3.63, 3.8) is 0 Å². The molecular weight excluding hydrogens is 278 g/mol. The standard InChI is InChI=1S/C17H35N3O2/c1-4-18-16(19-10-6-5-7-15(2)3)20-13-17(8-11-21)9-12-22-14-17/h15,21H,4-14H2,1-3H3,(H2,18,19,20). The fraction of sp³-hybridized carbons (Fsp3) is 0.941. The molecule has 1 aliphatic heterocycles. The third kappa shape index (κ3) is 7.45. The summed E-state index contributed by atoms with van der Waals surface area (Å²) in [5.74, 6) is 1.67. The second-order valence-corrected chi connectivity index (χ2v) is 6.79. The lowest BCUT2D eigenvalue weighted by Crippen LogP contribution is -2.39. The van der Waals surface area contributed by atoms with Crippen LogP contribution in [-0.2, 0) is 4.74 Å². The minimum Gasteiger partial charge on any atom is -0.396 e. The summed E-state index contributed by atoms with van der Waals surface area (Å²) in [6, 6.07) is 0. The number of aliphatic imine (C=N–C) groups is 1. The molecule has 0 aromatic carbocycles. The van der Waals surface area contributed by atoms with Gasteiger partial charge in [-0.05, 0) is 32.1 Å². The van der Waals surface area contributed by atoms with Gasteiger partial charge in [0.1, 0.15) is 0 Å². The van der Waals surface area contributed by atoms with Gasteiger partial charge in [0, 0.05) is 31.7 Å². The molecule has 0 aromatic heterocycles. The predicted molar refractivity (Wildman–Crippen MR) is 92.2 cm³/mol. The van der Waals surface area contributed by atoms with E-state index in [4.69, 9.17) is 9.73 Å². The van der Waals surface area contributed by atoms with Gasteiger partial charge in [-0.15, -0.1) is 0 Å². The van der Waals surface area contributed by atoms with E-state index in [1.54, 1.807) is 0 Å². The van der Waals surface area contributed by atoms with Gasteiger partial charge in [0.2, 0.25) is 0 Å². The van der Waals surface area contributed by atoms with E-state index in [9.17, 15) is 5.11 Å². The number of nitrogens with one attached hydrogen (secondary N) is 2. The van der Waals surface area contributed by atoms with E-state index in [1.807, 2.05) is 0 Å². The maximum Gasteiger partial charge on any atom is 0.191 e. The van der Waals surface area contributed by atoms with Gasteiger partial charge in [-0.3, -0.25) is 4.99 Å². The van der Waals surface area contributed by atoms with Crippen molar-refractivity contribution in [2.45, 2.75) is 52.9 Å². The smallest absolute Gasteiger partial charge is 0.191 e. The number of guanidine groups is 1. The monoisotopic (exact) mass is 313 g/mol. The number of unbranched alkanes of at least 4 members (excludes halogenated alkanes) is 1. The van der Waals surface area contributed by atoms with E-state index in [0.29, 0.717) is 6.61 Å². The van der Waals surface area contributed by atoms with Crippen molar-refractivity contribution < 1.29 is 9.84 Å². The SMILES string of the molecule is CCNC(=NCC1(CCO)CCOC1)NCCCCC(C)C. The molecule has 0 aromatic rings. The van der Waals surface area contributed by atoms with Crippen LogP contribution in [0.15, 0.2) is 4.99 Å². The third-order valence-electron chi connectivity index (χ3n) is 4.24. The number of aliphatic hydroxyl groups excluding tert-OH is 1. The third-order valence-corrected chi connectivity index (χ3v) is 4.24. The van der Waals surface area contributed by atoms with Gasteiger partial charge in [0.15, 0.2) is 5.96 Å². The molecule has 0 bridgehead atoms. The molecule has 5 heteroatoms. The highest BCUT2D eigenvalue weighted by atomic mass is 16.5. The molecule has 1 atom stereocenters. The average molecular weight is 313 g/mol. The molecule has 0 radical (unpaired) electrons. The van der Waals surface area contributed by atoms with Crippen molar-refractivity contribution in [2.24, 2.45) is 16.3 Å². The predicted octanol–water partition coefficient (Wildman–Crippen LogP) is 2.16. The van der Waals surface area contributed by atoms with Crippen LogP contribution in [0.25, 0.3) is 0 Å². The van der Waals surface area contributed by atoms with Crippen LogP contribution < -0.4 is 10.6 Å². The molecule has 0 spiro atoms. The number of ether oxygens (including phenoxy) is 1. The van der Waals surface area contributed by atoms with Crippen molar-refractivity contribution in [3.05, 3.63) is 0 Å². The van der Waals surface area contributed by atoms with Crippen molar-refractivity contribution >= 4 is 5.96 Å². The quantitative estimate of drug-likeness (QED) is 0.328. The van der Waals surface area contributed by atoms with E-state index < -0.39 is 0 Å². The highest BCUT2D eigenvalue weighted by Gasteiger charge is 2.34. The van der Waals surface area contributed by atoms with Gasteiger partial charge in [-0.2, -0.15) is 0 Å². The van der Waals surface area contributed by atoms with Crippen LogP contribution in [0.1, 0.15) is 52.9 Å².